The van der Waals surface area contributed by atoms with Crippen molar-refractivity contribution in [2.45, 2.75) is 37.6 Å². The average molecular weight is 402 g/mol. The summed E-state index contributed by atoms with van der Waals surface area (Å²) >= 11 is 0. The average Bonchev–Trinajstić information content (AvgIpc) is 3.53. The summed E-state index contributed by atoms with van der Waals surface area (Å²) in [5.74, 6) is -3.07. The Morgan fingerprint density at radius 3 is 2.62 bits per heavy atom. The quantitative estimate of drug-likeness (QED) is 0.796. The molecule has 2 fully saturated rings. The molecule has 1 saturated heterocycles. The number of nitrogens with one attached hydrogen (secondary N) is 2. The highest BCUT2D eigenvalue weighted by atomic mass is 19.3. The smallest absolute Gasteiger partial charge is 0.270 e. The first-order chi connectivity index (χ1) is 13.9. The lowest BCUT2D eigenvalue weighted by Crippen LogP contribution is -2.40. The number of pyridine rings is 1. The summed E-state index contributed by atoms with van der Waals surface area (Å²) in [5, 5.41) is 5.54. The Bertz CT molecular complexity index is 924. The molecule has 0 bridgehead atoms. The second-order valence-corrected chi connectivity index (χ2v) is 7.23. The van der Waals surface area contributed by atoms with Gasteiger partial charge < -0.3 is 15.5 Å². The predicted octanol–water partition coefficient (Wildman–Crippen LogP) is 2.25. The highest BCUT2D eigenvalue weighted by molar-refractivity contribution is 6.06. The topological polar surface area (TPSA) is 100 Å². The van der Waals surface area contributed by atoms with Crippen LogP contribution in [0, 0.1) is 0 Å². The van der Waals surface area contributed by atoms with Gasteiger partial charge in [-0.25, -0.2) is 18.7 Å². The van der Waals surface area contributed by atoms with Gasteiger partial charge in [0.15, 0.2) is 5.82 Å². The fraction of sp³-hybridized carbons (Fsp3) is 0.421. The Morgan fingerprint density at radius 2 is 1.90 bits per heavy atom. The summed E-state index contributed by atoms with van der Waals surface area (Å²) in [6.45, 7) is 0.265. The molecule has 29 heavy (non-hydrogen) atoms. The van der Waals surface area contributed by atoms with E-state index in [-0.39, 0.29) is 49.1 Å². The normalized spacial score (nSPS) is 18.2. The molecule has 1 aliphatic carbocycles. The molecule has 4 rings (SSSR count). The zero-order valence-electron chi connectivity index (χ0n) is 15.6. The van der Waals surface area contributed by atoms with Crippen molar-refractivity contribution in [3.8, 4) is 0 Å². The van der Waals surface area contributed by atoms with Crippen LogP contribution in [0.2, 0.25) is 0 Å². The van der Waals surface area contributed by atoms with Crippen LogP contribution in [-0.2, 0) is 0 Å². The van der Waals surface area contributed by atoms with E-state index >= 15 is 0 Å². The van der Waals surface area contributed by atoms with Crippen LogP contribution >= 0.6 is 0 Å². The highest BCUT2D eigenvalue weighted by Crippen LogP contribution is 2.32. The zero-order chi connectivity index (χ0) is 20.4. The first-order valence-corrected chi connectivity index (χ1v) is 9.42. The number of hydrogen-bond acceptors (Lipinski definition) is 6. The predicted molar refractivity (Wildman–Crippen MR) is 101 cm³/mol. The van der Waals surface area contributed by atoms with Crippen molar-refractivity contribution >= 4 is 23.3 Å². The van der Waals surface area contributed by atoms with Crippen LogP contribution < -0.4 is 15.5 Å². The second-order valence-electron chi connectivity index (χ2n) is 7.23. The lowest BCUT2D eigenvalue weighted by molar-refractivity contribution is -0.0221. The number of amides is 2. The molecule has 0 spiro atoms. The van der Waals surface area contributed by atoms with Gasteiger partial charge in [-0.05, 0) is 25.0 Å². The Balaban J connectivity index is 1.48. The van der Waals surface area contributed by atoms with Crippen LogP contribution in [0.25, 0.3) is 0 Å². The Kier molecular flexibility index (Phi) is 5.08. The van der Waals surface area contributed by atoms with Crippen LogP contribution in [0.4, 0.5) is 20.3 Å². The number of piperidine rings is 1. The minimum Gasteiger partial charge on any atom is -0.354 e. The van der Waals surface area contributed by atoms with E-state index in [2.05, 4.69) is 25.6 Å². The molecule has 0 aromatic carbocycles. The maximum Gasteiger partial charge on any atom is 0.270 e. The van der Waals surface area contributed by atoms with E-state index in [0.717, 1.165) is 12.8 Å². The molecular weight excluding hydrogens is 382 g/mol. The van der Waals surface area contributed by atoms with Gasteiger partial charge in [0.05, 0.1) is 6.20 Å². The van der Waals surface area contributed by atoms with E-state index in [1.165, 1.54) is 30.9 Å². The molecule has 8 nitrogen and oxygen atoms in total. The summed E-state index contributed by atoms with van der Waals surface area (Å²) in [5.41, 5.74) is 0.733. The van der Waals surface area contributed by atoms with Gasteiger partial charge >= 0.3 is 0 Å². The first kappa shape index (κ1) is 19.2. The molecule has 0 unspecified atom stereocenters. The molecule has 2 amide bonds. The van der Waals surface area contributed by atoms with Crippen LogP contribution in [-0.4, -0.2) is 51.8 Å². The molecule has 2 N–H and O–H groups in total. The monoisotopic (exact) mass is 402 g/mol. The summed E-state index contributed by atoms with van der Waals surface area (Å²) < 4.78 is 26.9. The van der Waals surface area contributed by atoms with Crippen molar-refractivity contribution in [3.05, 3.63) is 42.1 Å². The standard InChI is InChI=1S/C19H20F2N6O2/c20-19(21)4-7-27(8-5-19)16-15(10-22-11-24-16)26-17(28)12-3-6-23-14(9-12)18(29)25-13-1-2-13/h3,6,9-11,13H,1-2,4-5,7-8H2,(H,25,29)(H,26,28). The summed E-state index contributed by atoms with van der Waals surface area (Å²) in [7, 11) is 0. The molecule has 2 aromatic heterocycles. The van der Waals surface area contributed by atoms with Crippen molar-refractivity contribution in [2.75, 3.05) is 23.3 Å². The number of anilines is 2. The lowest BCUT2D eigenvalue weighted by Gasteiger charge is -2.33. The second kappa shape index (κ2) is 7.69. The number of alkyl halides is 2. The fourth-order valence-corrected chi connectivity index (χ4v) is 3.09. The highest BCUT2D eigenvalue weighted by Gasteiger charge is 2.35. The maximum absolute atomic E-state index is 13.4. The van der Waals surface area contributed by atoms with E-state index < -0.39 is 11.8 Å². The van der Waals surface area contributed by atoms with Gasteiger partial charge in [-0.3, -0.25) is 14.6 Å². The maximum atomic E-state index is 13.4. The van der Waals surface area contributed by atoms with Crippen LogP contribution in [0.5, 0.6) is 0 Å². The molecule has 1 saturated carbocycles. The third kappa shape index (κ3) is 4.64. The Hall–Kier alpha value is -3.17. The fourth-order valence-electron chi connectivity index (χ4n) is 3.09. The minimum atomic E-state index is -2.68. The summed E-state index contributed by atoms with van der Waals surface area (Å²) in [6.07, 6.45) is 5.49. The van der Waals surface area contributed by atoms with Gasteiger partial charge in [0.2, 0.25) is 0 Å². The third-order valence-electron chi connectivity index (χ3n) is 4.90. The molecular formula is C19H20F2N6O2. The van der Waals surface area contributed by atoms with Crippen molar-refractivity contribution in [3.63, 3.8) is 0 Å². The number of hydrogen-bond donors (Lipinski definition) is 2. The zero-order valence-corrected chi connectivity index (χ0v) is 15.6. The summed E-state index contributed by atoms with van der Waals surface area (Å²) in [4.78, 5) is 38.7. The van der Waals surface area contributed by atoms with Gasteiger partial charge in [-0.2, -0.15) is 0 Å². The van der Waals surface area contributed by atoms with Crippen molar-refractivity contribution in [1.29, 1.82) is 0 Å². The molecule has 2 aliphatic rings. The first-order valence-electron chi connectivity index (χ1n) is 9.42. The van der Waals surface area contributed by atoms with Crippen molar-refractivity contribution in [1.82, 2.24) is 20.3 Å². The van der Waals surface area contributed by atoms with Crippen LogP contribution in [0.15, 0.2) is 30.9 Å². The molecule has 0 atom stereocenters. The molecule has 152 valence electrons. The van der Waals surface area contributed by atoms with Gasteiger partial charge in [-0.15, -0.1) is 0 Å². The van der Waals surface area contributed by atoms with E-state index in [0.29, 0.717) is 11.5 Å². The van der Waals surface area contributed by atoms with E-state index in [1.807, 2.05) is 0 Å². The van der Waals surface area contributed by atoms with E-state index in [9.17, 15) is 18.4 Å². The van der Waals surface area contributed by atoms with Crippen molar-refractivity contribution < 1.29 is 18.4 Å². The lowest BCUT2D eigenvalue weighted by atomic mass is 10.1. The van der Waals surface area contributed by atoms with E-state index in [1.54, 1.807) is 4.90 Å². The largest absolute Gasteiger partial charge is 0.354 e. The third-order valence-corrected chi connectivity index (χ3v) is 4.90. The van der Waals surface area contributed by atoms with Gasteiger partial charge in [0.25, 0.3) is 17.7 Å². The van der Waals surface area contributed by atoms with E-state index in [4.69, 9.17) is 0 Å². The number of rotatable bonds is 5. The van der Waals surface area contributed by atoms with Crippen LogP contribution in [0.1, 0.15) is 46.5 Å². The van der Waals surface area contributed by atoms with Gasteiger partial charge in [0.1, 0.15) is 17.7 Å². The molecule has 0 radical (unpaired) electrons. The number of nitrogens with zero attached hydrogens (tertiary/aromatic N) is 4. The van der Waals surface area contributed by atoms with Crippen molar-refractivity contribution in [2.24, 2.45) is 0 Å². The molecule has 10 heteroatoms. The Labute approximate surface area is 165 Å². The number of carbonyl (C=O) groups excluding carboxylic acids is 2. The molecule has 2 aromatic rings. The molecule has 3 heterocycles. The SMILES string of the molecule is O=C(Nc1cncnc1N1CCC(F)(F)CC1)c1ccnc(C(=O)NC2CC2)c1. The summed E-state index contributed by atoms with van der Waals surface area (Å²) in [6, 6.07) is 3.09. The Morgan fingerprint density at radius 1 is 1.14 bits per heavy atom. The van der Waals surface area contributed by atoms with Gasteiger partial charge in [-0.1, -0.05) is 0 Å². The molecule has 1 aliphatic heterocycles. The van der Waals surface area contributed by atoms with Gasteiger partial charge in [0, 0.05) is 43.7 Å². The number of halogens is 2. The van der Waals surface area contributed by atoms with Crippen LogP contribution in [0.3, 0.4) is 0 Å². The minimum absolute atomic E-state index is 0.133. The number of aromatic nitrogens is 3. The number of carbonyl (C=O) groups is 2.